The molecule has 1 saturated heterocycles. The summed E-state index contributed by atoms with van der Waals surface area (Å²) in [6, 6.07) is 6.36. The number of hydrogen-bond donors (Lipinski definition) is 0. The number of fused-ring (bicyclic) bond motifs is 1. The highest BCUT2D eigenvalue weighted by Crippen LogP contribution is 2.32. The summed E-state index contributed by atoms with van der Waals surface area (Å²) in [5.74, 6) is -0.953. The summed E-state index contributed by atoms with van der Waals surface area (Å²) in [6.07, 6.45) is 1.29. The molecular formula is C24H27FN4O4. The third-order valence-electron chi connectivity index (χ3n) is 6.12. The molecule has 0 bridgehead atoms. The van der Waals surface area contributed by atoms with Crippen LogP contribution < -0.4 is 9.64 Å². The predicted octanol–water partition coefficient (Wildman–Crippen LogP) is 2.54. The van der Waals surface area contributed by atoms with Crippen molar-refractivity contribution in [2.45, 2.75) is 39.8 Å². The second-order valence-electron chi connectivity index (χ2n) is 8.20. The fourth-order valence-corrected chi connectivity index (χ4v) is 4.24. The number of aryl methyl sites for hydroxylation is 1. The normalized spacial score (nSPS) is 17.5. The molecule has 0 unspecified atom stereocenters. The molecule has 1 fully saturated rings. The van der Waals surface area contributed by atoms with Crippen molar-refractivity contribution in [3.8, 4) is 5.75 Å². The molecule has 3 heterocycles. The summed E-state index contributed by atoms with van der Waals surface area (Å²) >= 11 is 0. The number of likely N-dealkylation sites (N-methyl/N-ethyl adjacent to an activating group) is 1. The van der Waals surface area contributed by atoms with Crippen LogP contribution in [0.5, 0.6) is 5.75 Å². The van der Waals surface area contributed by atoms with E-state index in [9.17, 15) is 18.8 Å². The summed E-state index contributed by atoms with van der Waals surface area (Å²) in [7, 11) is 0. The van der Waals surface area contributed by atoms with Crippen LogP contribution in [0.1, 0.15) is 41.9 Å². The molecule has 2 aromatic rings. The number of carbonyl (C=O) groups is 3. The number of rotatable bonds is 7. The number of ether oxygens (including phenoxy) is 1. The Morgan fingerprint density at radius 2 is 2.00 bits per heavy atom. The number of amides is 3. The van der Waals surface area contributed by atoms with Crippen LogP contribution in [0.2, 0.25) is 0 Å². The van der Waals surface area contributed by atoms with Gasteiger partial charge in [0.25, 0.3) is 11.8 Å². The lowest BCUT2D eigenvalue weighted by atomic mass is 10.1. The number of hydrogen-bond acceptors (Lipinski definition) is 5. The van der Waals surface area contributed by atoms with Gasteiger partial charge in [-0.25, -0.2) is 4.39 Å². The minimum atomic E-state index is -0.704. The highest BCUT2D eigenvalue weighted by molar-refractivity contribution is 6.04. The number of pyridine rings is 1. The van der Waals surface area contributed by atoms with E-state index in [-0.39, 0.29) is 36.0 Å². The first kappa shape index (κ1) is 22.7. The molecular weight excluding hydrogens is 427 g/mol. The van der Waals surface area contributed by atoms with Crippen molar-refractivity contribution < 1.29 is 23.5 Å². The lowest BCUT2D eigenvalue weighted by Gasteiger charge is -2.22. The molecule has 0 radical (unpaired) electrons. The van der Waals surface area contributed by atoms with E-state index in [1.165, 1.54) is 21.9 Å². The van der Waals surface area contributed by atoms with Gasteiger partial charge in [-0.05, 0) is 45.0 Å². The van der Waals surface area contributed by atoms with E-state index in [4.69, 9.17) is 4.74 Å². The van der Waals surface area contributed by atoms with Crippen molar-refractivity contribution >= 4 is 23.4 Å². The monoisotopic (exact) mass is 454 g/mol. The largest absolute Gasteiger partial charge is 0.479 e. The molecule has 174 valence electrons. The molecule has 4 rings (SSSR count). The SMILES string of the molecule is CCN(CC)C(=O)CN1Cc2c(F)cc(N3CC[C@@H](Oc4ccc(C)nc4)C3=O)cc2C1=O. The second kappa shape index (κ2) is 9.17. The minimum Gasteiger partial charge on any atom is -0.479 e. The summed E-state index contributed by atoms with van der Waals surface area (Å²) in [4.78, 5) is 46.9. The van der Waals surface area contributed by atoms with Crippen LogP contribution in [0.15, 0.2) is 30.5 Å². The Hall–Kier alpha value is -3.49. The molecule has 2 aliphatic rings. The first-order chi connectivity index (χ1) is 15.8. The van der Waals surface area contributed by atoms with Gasteiger partial charge in [0, 0.05) is 48.6 Å². The number of halogens is 1. The van der Waals surface area contributed by atoms with Crippen molar-refractivity contribution in [2.24, 2.45) is 0 Å². The van der Waals surface area contributed by atoms with Gasteiger partial charge in [-0.2, -0.15) is 0 Å². The Morgan fingerprint density at radius 3 is 2.67 bits per heavy atom. The van der Waals surface area contributed by atoms with Gasteiger partial charge in [0.15, 0.2) is 6.10 Å². The van der Waals surface area contributed by atoms with E-state index in [1.54, 1.807) is 23.2 Å². The molecule has 9 heteroatoms. The topological polar surface area (TPSA) is 83.1 Å². The Morgan fingerprint density at radius 1 is 1.24 bits per heavy atom. The summed E-state index contributed by atoms with van der Waals surface area (Å²) in [6.45, 7) is 6.96. The quantitative estimate of drug-likeness (QED) is 0.642. The van der Waals surface area contributed by atoms with Gasteiger partial charge < -0.3 is 19.4 Å². The lowest BCUT2D eigenvalue weighted by molar-refractivity contribution is -0.131. The first-order valence-corrected chi connectivity index (χ1v) is 11.1. The second-order valence-corrected chi connectivity index (χ2v) is 8.20. The van der Waals surface area contributed by atoms with Crippen molar-refractivity contribution in [2.75, 3.05) is 31.1 Å². The average molecular weight is 455 g/mol. The molecule has 1 aromatic carbocycles. The number of carbonyl (C=O) groups excluding carboxylic acids is 3. The smallest absolute Gasteiger partial charge is 0.268 e. The molecule has 1 aromatic heterocycles. The van der Waals surface area contributed by atoms with Gasteiger partial charge in [-0.1, -0.05) is 0 Å². The molecule has 33 heavy (non-hydrogen) atoms. The van der Waals surface area contributed by atoms with Crippen LogP contribution >= 0.6 is 0 Å². The van der Waals surface area contributed by atoms with Crippen molar-refractivity contribution in [1.29, 1.82) is 0 Å². The number of aromatic nitrogens is 1. The lowest BCUT2D eigenvalue weighted by Crippen LogP contribution is -2.40. The third kappa shape index (κ3) is 4.40. The highest BCUT2D eigenvalue weighted by Gasteiger charge is 2.37. The molecule has 0 aliphatic carbocycles. The predicted molar refractivity (Wildman–Crippen MR) is 119 cm³/mol. The maximum Gasteiger partial charge on any atom is 0.268 e. The van der Waals surface area contributed by atoms with Crippen LogP contribution in [0.3, 0.4) is 0 Å². The fraction of sp³-hybridized carbons (Fsp3) is 0.417. The van der Waals surface area contributed by atoms with E-state index >= 15 is 0 Å². The van der Waals surface area contributed by atoms with Crippen molar-refractivity contribution in [3.63, 3.8) is 0 Å². The van der Waals surface area contributed by atoms with Crippen LogP contribution in [-0.2, 0) is 16.1 Å². The molecule has 2 aliphatic heterocycles. The van der Waals surface area contributed by atoms with Gasteiger partial charge in [-0.15, -0.1) is 0 Å². The molecule has 3 amide bonds. The molecule has 0 spiro atoms. The van der Waals surface area contributed by atoms with E-state index < -0.39 is 17.8 Å². The van der Waals surface area contributed by atoms with Gasteiger partial charge in [0.2, 0.25) is 5.91 Å². The van der Waals surface area contributed by atoms with E-state index in [2.05, 4.69) is 4.98 Å². The number of benzene rings is 1. The van der Waals surface area contributed by atoms with Gasteiger partial charge in [-0.3, -0.25) is 19.4 Å². The molecule has 1 atom stereocenters. The fourth-order valence-electron chi connectivity index (χ4n) is 4.24. The zero-order valence-corrected chi connectivity index (χ0v) is 19.0. The minimum absolute atomic E-state index is 0.0351. The summed E-state index contributed by atoms with van der Waals surface area (Å²) in [5, 5.41) is 0. The van der Waals surface area contributed by atoms with Crippen LogP contribution in [0, 0.1) is 12.7 Å². The zero-order valence-electron chi connectivity index (χ0n) is 19.0. The van der Waals surface area contributed by atoms with E-state index in [0.29, 0.717) is 37.5 Å². The highest BCUT2D eigenvalue weighted by atomic mass is 19.1. The van der Waals surface area contributed by atoms with Crippen LogP contribution in [0.25, 0.3) is 0 Å². The third-order valence-corrected chi connectivity index (χ3v) is 6.12. The standard InChI is InChI=1S/C24H27FN4O4/c1-4-27(5-2)22(30)14-28-13-19-18(23(28)31)10-16(11-20(19)25)29-9-8-21(24(29)32)33-17-7-6-15(3)26-12-17/h6-7,10-12,21H,4-5,8-9,13-14H2,1-3H3/t21-/m1/s1. The Balaban J connectivity index is 1.49. The Kier molecular flexibility index (Phi) is 6.31. The van der Waals surface area contributed by atoms with Gasteiger partial charge in [0.1, 0.15) is 18.1 Å². The van der Waals surface area contributed by atoms with Crippen molar-refractivity contribution in [3.05, 3.63) is 53.1 Å². The summed E-state index contributed by atoms with van der Waals surface area (Å²) in [5.41, 5.74) is 1.60. The zero-order chi connectivity index (χ0) is 23.7. The molecule has 0 saturated carbocycles. The molecule has 8 nitrogen and oxygen atoms in total. The number of nitrogens with zero attached hydrogens (tertiary/aromatic N) is 4. The average Bonchev–Trinajstić information content (AvgIpc) is 3.31. The Labute approximate surface area is 191 Å². The Bertz CT molecular complexity index is 1080. The van der Waals surface area contributed by atoms with Gasteiger partial charge >= 0.3 is 0 Å². The first-order valence-electron chi connectivity index (χ1n) is 11.1. The molecule has 0 N–H and O–H groups in total. The van der Waals surface area contributed by atoms with Crippen molar-refractivity contribution in [1.82, 2.24) is 14.8 Å². The number of anilines is 1. The summed E-state index contributed by atoms with van der Waals surface area (Å²) < 4.78 is 20.7. The van der Waals surface area contributed by atoms with Gasteiger partial charge in [0.05, 0.1) is 12.7 Å². The maximum atomic E-state index is 14.9. The van der Waals surface area contributed by atoms with E-state index in [0.717, 1.165) is 5.69 Å². The van der Waals surface area contributed by atoms with E-state index in [1.807, 2.05) is 20.8 Å². The van der Waals surface area contributed by atoms with Crippen LogP contribution in [0.4, 0.5) is 10.1 Å². The maximum absolute atomic E-state index is 14.9. The van der Waals surface area contributed by atoms with Crippen LogP contribution in [-0.4, -0.2) is 64.8 Å².